The average Bonchev–Trinajstić information content (AvgIpc) is 2.75. The molecule has 0 aliphatic heterocycles. The van der Waals surface area contributed by atoms with Gasteiger partial charge in [-0.1, -0.05) is 0 Å². The molecule has 0 aliphatic carbocycles. The van der Waals surface area contributed by atoms with Crippen LogP contribution in [0.1, 0.15) is 10.4 Å². The number of alkyl halides is 3. The molecule has 100 valence electrons. The zero-order chi connectivity index (χ0) is 14.2. The van der Waals surface area contributed by atoms with Gasteiger partial charge in [-0.15, -0.1) is 0 Å². The van der Waals surface area contributed by atoms with Gasteiger partial charge in [-0.25, -0.2) is 9.78 Å². The van der Waals surface area contributed by atoms with Gasteiger partial charge in [0.05, 0.1) is 6.20 Å². The maximum Gasteiger partial charge on any atom is 0.471 e. The van der Waals surface area contributed by atoms with Crippen molar-refractivity contribution in [3.63, 3.8) is 0 Å². The molecule has 7 nitrogen and oxygen atoms in total. The Balaban J connectivity index is 2.56. The summed E-state index contributed by atoms with van der Waals surface area (Å²) in [6.07, 6.45) is -3.10. The van der Waals surface area contributed by atoms with Crippen molar-refractivity contribution >= 4 is 23.3 Å². The van der Waals surface area contributed by atoms with Gasteiger partial charge >= 0.3 is 18.1 Å². The van der Waals surface area contributed by atoms with Crippen molar-refractivity contribution in [3.05, 3.63) is 24.0 Å². The fourth-order valence-electron chi connectivity index (χ4n) is 1.33. The van der Waals surface area contributed by atoms with Crippen molar-refractivity contribution in [1.29, 1.82) is 0 Å². The molecule has 0 bridgehead atoms. The Kier molecular flexibility index (Phi) is 2.85. The Morgan fingerprint density at radius 3 is 2.63 bits per heavy atom. The average molecular weight is 274 g/mol. The third kappa shape index (κ3) is 2.32. The van der Waals surface area contributed by atoms with E-state index in [9.17, 15) is 22.8 Å². The number of carbonyl (C=O) groups is 2. The van der Waals surface area contributed by atoms with Crippen LogP contribution in [-0.2, 0) is 4.79 Å². The van der Waals surface area contributed by atoms with Gasteiger partial charge in [0.15, 0.2) is 11.5 Å². The first kappa shape index (κ1) is 12.8. The van der Waals surface area contributed by atoms with Crippen LogP contribution in [0.15, 0.2) is 18.5 Å². The minimum atomic E-state index is -5.14. The molecule has 10 heteroatoms. The summed E-state index contributed by atoms with van der Waals surface area (Å²) in [6.45, 7) is 0. The van der Waals surface area contributed by atoms with Crippen LogP contribution in [-0.4, -0.2) is 37.8 Å². The fourth-order valence-corrected chi connectivity index (χ4v) is 1.33. The molecule has 0 saturated heterocycles. The minimum Gasteiger partial charge on any atom is -0.477 e. The number of anilines is 1. The number of rotatable bonds is 2. The smallest absolute Gasteiger partial charge is 0.471 e. The second-order valence-corrected chi connectivity index (χ2v) is 3.38. The van der Waals surface area contributed by atoms with E-state index >= 15 is 0 Å². The summed E-state index contributed by atoms with van der Waals surface area (Å²) in [4.78, 5) is 25.5. The van der Waals surface area contributed by atoms with Gasteiger partial charge in [0.2, 0.25) is 0 Å². The lowest BCUT2D eigenvalue weighted by Gasteiger charge is -2.11. The summed E-state index contributed by atoms with van der Waals surface area (Å²) >= 11 is 0. The van der Waals surface area contributed by atoms with Crippen LogP contribution < -0.4 is 5.32 Å². The molecule has 2 N–H and O–H groups in total. The molecular formula is C9H5F3N4O3. The number of hydrogen-bond donors (Lipinski definition) is 2. The van der Waals surface area contributed by atoms with Crippen molar-refractivity contribution in [2.75, 3.05) is 5.32 Å². The maximum absolute atomic E-state index is 12.2. The predicted molar refractivity (Wildman–Crippen MR) is 54.6 cm³/mol. The monoisotopic (exact) mass is 274 g/mol. The van der Waals surface area contributed by atoms with Crippen LogP contribution >= 0.6 is 0 Å². The van der Waals surface area contributed by atoms with E-state index in [2.05, 4.69) is 10.1 Å². The number of carboxylic acids is 1. The van der Waals surface area contributed by atoms with Crippen molar-refractivity contribution in [2.45, 2.75) is 6.18 Å². The zero-order valence-corrected chi connectivity index (χ0v) is 8.97. The van der Waals surface area contributed by atoms with Crippen LogP contribution in [0.4, 0.5) is 19.0 Å². The first-order chi connectivity index (χ1) is 8.80. The summed E-state index contributed by atoms with van der Waals surface area (Å²) in [6, 6.07) is 1.34. The van der Waals surface area contributed by atoms with Crippen molar-refractivity contribution in [1.82, 2.24) is 14.6 Å². The number of aromatic carboxylic acids is 1. The van der Waals surface area contributed by atoms with E-state index in [0.717, 1.165) is 10.7 Å². The highest BCUT2D eigenvalue weighted by atomic mass is 19.4. The number of fused-ring (bicyclic) bond motifs is 1. The lowest BCUT2D eigenvalue weighted by molar-refractivity contribution is -0.167. The van der Waals surface area contributed by atoms with Crippen LogP contribution in [0, 0.1) is 0 Å². The third-order valence-electron chi connectivity index (χ3n) is 2.14. The highest BCUT2D eigenvalue weighted by Crippen LogP contribution is 2.21. The van der Waals surface area contributed by atoms with Gasteiger partial charge in [0, 0.05) is 12.3 Å². The van der Waals surface area contributed by atoms with E-state index in [1.54, 1.807) is 0 Å². The number of aromatic nitrogens is 3. The van der Waals surface area contributed by atoms with Crippen molar-refractivity contribution in [2.24, 2.45) is 0 Å². The number of nitrogens with zero attached hydrogens (tertiary/aromatic N) is 3. The predicted octanol–water partition coefficient (Wildman–Crippen LogP) is 0.928. The number of carbonyl (C=O) groups excluding carboxylic acids is 1. The SMILES string of the molecule is O=C(O)c1cnc2ccnn2c1NC(=O)C(F)(F)F. The number of hydrogen-bond acceptors (Lipinski definition) is 4. The van der Waals surface area contributed by atoms with Gasteiger partial charge in [-0.3, -0.25) is 4.79 Å². The van der Waals surface area contributed by atoms with E-state index in [1.807, 2.05) is 0 Å². The van der Waals surface area contributed by atoms with Crippen LogP contribution in [0.2, 0.25) is 0 Å². The molecule has 19 heavy (non-hydrogen) atoms. The highest BCUT2D eigenvalue weighted by Gasteiger charge is 2.39. The number of amides is 1. The summed E-state index contributed by atoms with van der Waals surface area (Å²) < 4.78 is 37.4. The quantitative estimate of drug-likeness (QED) is 0.849. The molecule has 0 aromatic carbocycles. The second kappa shape index (κ2) is 4.23. The largest absolute Gasteiger partial charge is 0.477 e. The molecule has 0 saturated carbocycles. The highest BCUT2D eigenvalue weighted by molar-refractivity contribution is 6.01. The normalized spacial score (nSPS) is 11.5. The standard InChI is InChI=1S/C9H5F3N4O3/c10-9(11,12)8(19)15-6-4(7(17)18)3-13-5-1-2-14-16(5)6/h1-3H,(H,15,19)(H,17,18). The fraction of sp³-hybridized carbons (Fsp3) is 0.111. The molecule has 1 amide bonds. The molecule has 2 rings (SSSR count). The number of carboxylic acid groups (broad SMARTS) is 1. The molecule has 0 aliphatic rings. The summed E-state index contributed by atoms with van der Waals surface area (Å²) in [5.74, 6) is -4.44. The number of halogens is 3. The van der Waals surface area contributed by atoms with Gasteiger partial charge in [0.25, 0.3) is 0 Å². The Labute approximate surface area is 102 Å². The van der Waals surface area contributed by atoms with E-state index in [0.29, 0.717) is 0 Å². The first-order valence-corrected chi connectivity index (χ1v) is 4.75. The van der Waals surface area contributed by atoms with E-state index in [1.165, 1.54) is 17.6 Å². The first-order valence-electron chi connectivity index (χ1n) is 4.75. The lowest BCUT2D eigenvalue weighted by atomic mass is 10.3. The van der Waals surface area contributed by atoms with Crippen LogP contribution in [0.3, 0.4) is 0 Å². The zero-order valence-electron chi connectivity index (χ0n) is 8.97. The van der Waals surface area contributed by atoms with E-state index in [-0.39, 0.29) is 5.65 Å². The third-order valence-corrected chi connectivity index (χ3v) is 2.14. The van der Waals surface area contributed by atoms with Gasteiger partial charge in [0.1, 0.15) is 5.56 Å². The molecule has 0 spiro atoms. The molecule has 2 aromatic heterocycles. The molecule has 0 fully saturated rings. The minimum absolute atomic E-state index is 0.0995. The van der Waals surface area contributed by atoms with Gasteiger partial charge in [-0.2, -0.15) is 22.8 Å². The van der Waals surface area contributed by atoms with Gasteiger partial charge in [-0.05, 0) is 0 Å². The van der Waals surface area contributed by atoms with E-state index in [4.69, 9.17) is 5.11 Å². The molecular weight excluding hydrogens is 269 g/mol. The van der Waals surface area contributed by atoms with Crippen molar-refractivity contribution < 1.29 is 27.9 Å². The summed E-state index contributed by atoms with van der Waals surface area (Å²) in [5.41, 5.74) is -0.503. The Hall–Kier alpha value is -2.65. The maximum atomic E-state index is 12.2. The molecule has 2 heterocycles. The van der Waals surface area contributed by atoms with Crippen LogP contribution in [0.5, 0.6) is 0 Å². The Morgan fingerprint density at radius 1 is 1.37 bits per heavy atom. The molecule has 2 aromatic rings. The van der Waals surface area contributed by atoms with Gasteiger partial charge < -0.3 is 10.4 Å². The second-order valence-electron chi connectivity index (χ2n) is 3.38. The summed E-state index contributed by atoms with van der Waals surface area (Å²) in [5, 5.41) is 13.9. The van der Waals surface area contributed by atoms with E-state index < -0.39 is 29.4 Å². The Morgan fingerprint density at radius 2 is 2.05 bits per heavy atom. The lowest BCUT2D eigenvalue weighted by Crippen LogP contribution is -2.31. The molecule has 0 atom stereocenters. The molecule has 0 radical (unpaired) electrons. The Bertz CT molecular complexity index is 664. The number of nitrogens with one attached hydrogen (secondary N) is 1. The van der Waals surface area contributed by atoms with Crippen LogP contribution in [0.25, 0.3) is 5.65 Å². The molecule has 0 unspecified atom stereocenters. The van der Waals surface area contributed by atoms with Crippen molar-refractivity contribution in [3.8, 4) is 0 Å². The topological polar surface area (TPSA) is 96.6 Å². The summed E-state index contributed by atoms with van der Waals surface area (Å²) in [7, 11) is 0.